The van der Waals surface area contributed by atoms with Crippen molar-refractivity contribution in [3.8, 4) is 11.1 Å². The van der Waals surface area contributed by atoms with Gasteiger partial charge in [-0.05, 0) is 55.5 Å². The third-order valence-electron chi connectivity index (χ3n) is 6.33. The van der Waals surface area contributed by atoms with E-state index in [0.717, 1.165) is 45.5 Å². The van der Waals surface area contributed by atoms with E-state index in [1.165, 1.54) is 49.0 Å². The molecule has 0 N–H and O–H groups in total. The van der Waals surface area contributed by atoms with Gasteiger partial charge in [0, 0.05) is 26.1 Å². The summed E-state index contributed by atoms with van der Waals surface area (Å²) in [6.07, 6.45) is 7.13. The van der Waals surface area contributed by atoms with Crippen LogP contribution >= 0.6 is 0 Å². The number of rotatable bonds is 7. The van der Waals surface area contributed by atoms with Gasteiger partial charge in [0.05, 0.1) is 12.2 Å². The average Bonchev–Trinajstić information content (AvgIpc) is 2.76. The van der Waals surface area contributed by atoms with Gasteiger partial charge < -0.3 is 9.64 Å². The maximum atomic E-state index is 6.67. The lowest BCUT2D eigenvalue weighted by Crippen LogP contribution is -2.45. The number of benzene rings is 2. The lowest BCUT2D eigenvalue weighted by Gasteiger charge is -2.38. The SMILES string of the molecule is c1ccc(-c2ccccc2CC2(OCCN3CCCCC3)CC[N]CC2)cc1. The smallest absolute Gasteiger partial charge is 0.0749 e. The molecule has 0 bridgehead atoms. The molecule has 2 aliphatic heterocycles. The van der Waals surface area contributed by atoms with Crippen LogP contribution in [0, 0.1) is 0 Å². The molecule has 2 saturated heterocycles. The van der Waals surface area contributed by atoms with Crippen molar-refractivity contribution in [3.05, 3.63) is 60.2 Å². The van der Waals surface area contributed by atoms with E-state index in [2.05, 4.69) is 64.8 Å². The summed E-state index contributed by atoms with van der Waals surface area (Å²) in [5, 5.41) is 4.60. The number of likely N-dealkylation sites (tertiary alicyclic amines) is 1. The van der Waals surface area contributed by atoms with Crippen LogP contribution in [0.1, 0.15) is 37.7 Å². The first-order valence-corrected chi connectivity index (χ1v) is 11.0. The second kappa shape index (κ2) is 9.69. The molecule has 0 aromatic heterocycles. The summed E-state index contributed by atoms with van der Waals surface area (Å²) in [7, 11) is 0. The molecule has 0 aliphatic carbocycles. The molecule has 0 saturated carbocycles. The largest absolute Gasteiger partial charge is 0.373 e. The predicted octanol–water partition coefficient (Wildman–Crippen LogP) is 4.54. The summed E-state index contributed by atoms with van der Waals surface area (Å²) in [4.78, 5) is 2.57. The Morgan fingerprint density at radius 1 is 0.857 bits per heavy atom. The summed E-state index contributed by atoms with van der Waals surface area (Å²) >= 11 is 0. The molecule has 2 aliphatic rings. The quantitative estimate of drug-likeness (QED) is 0.708. The summed E-state index contributed by atoms with van der Waals surface area (Å²) < 4.78 is 6.67. The highest BCUT2D eigenvalue weighted by molar-refractivity contribution is 5.67. The van der Waals surface area contributed by atoms with E-state index < -0.39 is 0 Å². The van der Waals surface area contributed by atoms with Crippen molar-refractivity contribution < 1.29 is 4.74 Å². The second-order valence-electron chi connectivity index (χ2n) is 8.30. The third kappa shape index (κ3) is 5.02. The zero-order chi connectivity index (χ0) is 19.1. The Balaban J connectivity index is 1.47. The van der Waals surface area contributed by atoms with Gasteiger partial charge in [-0.3, -0.25) is 0 Å². The van der Waals surface area contributed by atoms with E-state index in [0.29, 0.717) is 0 Å². The van der Waals surface area contributed by atoms with E-state index in [1.54, 1.807) is 0 Å². The van der Waals surface area contributed by atoms with Gasteiger partial charge in [0.2, 0.25) is 0 Å². The van der Waals surface area contributed by atoms with E-state index in [-0.39, 0.29) is 5.60 Å². The lowest BCUT2D eigenvalue weighted by atomic mass is 9.83. The molecular weight excluding hydrogens is 344 g/mol. The van der Waals surface area contributed by atoms with Crippen LogP contribution in [0.2, 0.25) is 0 Å². The molecule has 149 valence electrons. The van der Waals surface area contributed by atoms with Crippen molar-refractivity contribution >= 4 is 0 Å². The molecule has 0 spiro atoms. The third-order valence-corrected chi connectivity index (χ3v) is 6.33. The summed E-state index contributed by atoms with van der Waals surface area (Å²) in [5.41, 5.74) is 3.96. The van der Waals surface area contributed by atoms with Gasteiger partial charge in [-0.25, -0.2) is 5.32 Å². The van der Waals surface area contributed by atoms with E-state index in [9.17, 15) is 0 Å². The van der Waals surface area contributed by atoms with E-state index >= 15 is 0 Å². The van der Waals surface area contributed by atoms with Crippen molar-refractivity contribution in [3.63, 3.8) is 0 Å². The molecule has 0 unspecified atom stereocenters. The molecular formula is C25H33N2O. The molecule has 2 fully saturated rings. The molecule has 1 radical (unpaired) electrons. The number of piperidine rings is 2. The number of hydrogen-bond acceptors (Lipinski definition) is 2. The van der Waals surface area contributed by atoms with Crippen LogP contribution in [0.5, 0.6) is 0 Å². The van der Waals surface area contributed by atoms with Gasteiger partial charge in [0.25, 0.3) is 0 Å². The molecule has 28 heavy (non-hydrogen) atoms. The fourth-order valence-electron chi connectivity index (χ4n) is 4.67. The van der Waals surface area contributed by atoms with Gasteiger partial charge in [-0.15, -0.1) is 0 Å². The minimum absolute atomic E-state index is 0.0670. The summed E-state index contributed by atoms with van der Waals surface area (Å²) in [6.45, 7) is 6.24. The standard InChI is InChI=1S/C25H33N2O/c1-3-9-22(10-4-1)24-12-6-5-11-23(24)21-25(13-15-26-16-14-25)28-20-19-27-17-7-2-8-18-27/h1,3-6,9-12H,2,7-8,13-21H2. The van der Waals surface area contributed by atoms with Crippen LogP contribution in [-0.4, -0.2) is 49.8 Å². The Morgan fingerprint density at radius 3 is 2.36 bits per heavy atom. The average molecular weight is 378 g/mol. The molecule has 3 nitrogen and oxygen atoms in total. The van der Waals surface area contributed by atoms with Crippen LogP contribution < -0.4 is 5.32 Å². The Bertz CT molecular complexity index is 718. The van der Waals surface area contributed by atoms with E-state index in [1.807, 2.05) is 0 Å². The van der Waals surface area contributed by atoms with Crippen LogP contribution in [0.25, 0.3) is 11.1 Å². The number of hydrogen-bond donors (Lipinski definition) is 0. The van der Waals surface area contributed by atoms with E-state index in [4.69, 9.17) is 4.74 Å². The fraction of sp³-hybridized carbons (Fsp3) is 0.520. The van der Waals surface area contributed by atoms with Crippen molar-refractivity contribution in [2.24, 2.45) is 0 Å². The molecule has 0 amide bonds. The highest BCUT2D eigenvalue weighted by atomic mass is 16.5. The normalized spacial score (nSPS) is 20.1. The van der Waals surface area contributed by atoms with Gasteiger partial charge in [0.1, 0.15) is 0 Å². The second-order valence-corrected chi connectivity index (χ2v) is 8.30. The summed E-state index contributed by atoms with van der Waals surface area (Å²) in [5.74, 6) is 0. The van der Waals surface area contributed by atoms with Crippen LogP contribution in [0.3, 0.4) is 0 Å². The molecule has 2 heterocycles. The van der Waals surface area contributed by atoms with Crippen molar-refractivity contribution in [1.29, 1.82) is 0 Å². The first kappa shape index (κ1) is 19.6. The van der Waals surface area contributed by atoms with Gasteiger partial charge in [-0.2, -0.15) is 0 Å². The molecule has 2 aromatic rings. The first-order valence-electron chi connectivity index (χ1n) is 11.0. The Morgan fingerprint density at radius 2 is 1.57 bits per heavy atom. The minimum Gasteiger partial charge on any atom is -0.373 e. The van der Waals surface area contributed by atoms with Crippen molar-refractivity contribution in [1.82, 2.24) is 10.2 Å². The first-order chi connectivity index (χ1) is 13.8. The number of ether oxygens (including phenoxy) is 1. The molecule has 2 aromatic carbocycles. The minimum atomic E-state index is -0.0670. The monoisotopic (exact) mass is 377 g/mol. The highest BCUT2D eigenvalue weighted by Gasteiger charge is 2.34. The maximum Gasteiger partial charge on any atom is 0.0749 e. The molecule has 0 atom stereocenters. The predicted molar refractivity (Wildman–Crippen MR) is 116 cm³/mol. The zero-order valence-electron chi connectivity index (χ0n) is 17.0. The summed E-state index contributed by atoms with van der Waals surface area (Å²) in [6, 6.07) is 19.6. The Labute approximate surface area is 170 Å². The molecule has 3 heteroatoms. The van der Waals surface area contributed by atoms with Gasteiger partial charge in [-0.1, -0.05) is 61.0 Å². The van der Waals surface area contributed by atoms with Crippen LogP contribution in [0.4, 0.5) is 0 Å². The topological polar surface area (TPSA) is 26.6 Å². The highest BCUT2D eigenvalue weighted by Crippen LogP contribution is 2.33. The van der Waals surface area contributed by atoms with Crippen LogP contribution in [0.15, 0.2) is 54.6 Å². The maximum absolute atomic E-state index is 6.67. The van der Waals surface area contributed by atoms with Gasteiger partial charge >= 0.3 is 0 Å². The zero-order valence-corrected chi connectivity index (χ0v) is 17.0. The van der Waals surface area contributed by atoms with Crippen molar-refractivity contribution in [2.45, 2.75) is 44.1 Å². The van der Waals surface area contributed by atoms with Crippen molar-refractivity contribution in [2.75, 3.05) is 39.3 Å². The number of nitrogens with zero attached hydrogens (tertiary/aromatic N) is 2. The lowest BCUT2D eigenvalue weighted by molar-refractivity contribution is -0.0721. The Hall–Kier alpha value is -1.68. The Kier molecular flexibility index (Phi) is 6.79. The van der Waals surface area contributed by atoms with Gasteiger partial charge in [0.15, 0.2) is 0 Å². The fourth-order valence-corrected chi connectivity index (χ4v) is 4.67. The molecule has 4 rings (SSSR count). The van der Waals surface area contributed by atoms with Crippen LogP contribution in [-0.2, 0) is 11.2 Å².